The Hall–Kier alpha value is -1.33. The van der Waals surface area contributed by atoms with Gasteiger partial charge in [0, 0.05) is 19.1 Å². The number of esters is 1. The monoisotopic (exact) mass is 310 g/mol. The second-order valence-corrected chi connectivity index (χ2v) is 5.80. The number of carbonyl (C=O) groups is 1. The van der Waals surface area contributed by atoms with Crippen LogP contribution in [0.1, 0.15) is 32.6 Å². The maximum Gasteiger partial charge on any atom is 0.373 e. The third-order valence-electron chi connectivity index (χ3n) is 4.16. The van der Waals surface area contributed by atoms with E-state index < -0.39 is 12.3 Å². The molecule has 2 rings (SSSR count). The molecule has 0 spiro atoms. The van der Waals surface area contributed by atoms with Gasteiger partial charge in [-0.15, -0.1) is 0 Å². The average Bonchev–Trinajstić information content (AvgIpc) is 3.35. The number of carbonyl (C=O) groups excluding carboxylic acids is 1. The van der Waals surface area contributed by atoms with E-state index in [2.05, 4.69) is 6.58 Å². The van der Waals surface area contributed by atoms with E-state index in [4.69, 9.17) is 19.3 Å². The number of hydrogen-bond acceptors (Lipinski definition) is 5. The maximum absolute atomic E-state index is 12.1. The van der Waals surface area contributed by atoms with E-state index in [0.717, 1.165) is 6.42 Å². The molecule has 0 bridgehead atoms. The summed E-state index contributed by atoms with van der Waals surface area (Å²) in [6, 6.07) is 0. The number of rotatable bonds is 9. The molecule has 3 atom stereocenters. The molecule has 1 heterocycles. The van der Waals surface area contributed by atoms with Crippen molar-refractivity contribution in [2.24, 2.45) is 17.8 Å². The van der Waals surface area contributed by atoms with Crippen molar-refractivity contribution in [1.82, 2.24) is 0 Å². The van der Waals surface area contributed by atoms with Crippen LogP contribution < -0.4 is 0 Å². The van der Waals surface area contributed by atoms with Gasteiger partial charge in [0.25, 0.3) is 0 Å². The summed E-state index contributed by atoms with van der Waals surface area (Å²) in [4.78, 5) is 12.1. The Labute approximate surface area is 131 Å². The van der Waals surface area contributed by atoms with Gasteiger partial charge in [-0.2, -0.15) is 0 Å². The quantitative estimate of drug-likeness (QED) is 0.523. The van der Waals surface area contributed by atoms with Gasteiger partial charge < -0.3 is 19.3 Å². The first-order chi connectivity index (χ1) is 10.7. The molecule has 2 aliphatic rings. The minimum absolute atomic E-state index is 0.157. The zero-order valence-electron chi connectivity index (χ0n) is 13.2. The summed E-state index contributed by atoms with van der Waals surface area (Å²) in [5.74, 6) is 0.796. The molecule has 1 fully saturated rings. The molecule has 0 aromatic heterocycles. The largest absolute Gasteiger partial charge is 0.457 e. The van der Waals surface area contributed by atoms with Crippen molar-refractivity contribution in [3.63, 3.8) is 0 Å². The van der Waals surface area contributed by atoms with E-state index in [1.54, 1.807) is 0 Å². The standard InChI is InChI=1S/C17H26O5/c1-3-10-21-16(19)15-11-14(12-7-8-12)13(6-5-9-18)17(22-15)20-4-2/h3,11-14,17-18H,1,4-10H2,2H3/t13-,14+,17+/m1/s1. The fraction of sp³-hybridized carbons (Fsp3) is 0.706. The van der Waals surface area contributed by atoms with Crippen LogP contribution in [0.4, 0.5) is 0 Å². The average molecular weight is 310 g/mol. The molecule has 0 unspecified atom stereocenters. The van der Waals surface area contributed by atoms with Gasteiger partial charge in [-0.25, -0.2) is 4.79 Å². The SMILES string of the molecule is C=CCOC(=O)C1=C[C@@H](C2CC2)[C@@H](CCCO)[C@@H](OCC)O1. The summed E-state index contributed by atoms with van der Waals surface area (Å²) in [5, 5.41) is 9.11. The first-order valence-corrected chi connectivity index (χ1v) is 8.10. The van der Waals surface area contributed by atoms with Crippen molar-refractivity contribution in [2.75, 3.05) is 19.8 Å². The van der Waals surface area contributed by atoms with Gasteiger partial charge in [-0.05, 0) is 50.5 Å². The molecule has 22 heavy (non-hydrogen) atoms. The van der Waals surface area contributed by atoms with Crippen LogP contribution in [-0.4, -0.2) is 37.2 Å². The zero-order chi connectivity index (χ0) is 15.9. The van der Waals surface area contributed by atoms with E-state index in [9.17, 15) is 4.79 Å². The van der Waals surface area contributed by atoms with Crippen LogP contribution in [0.15, 0.2) is 24.5 Å². The van der Waals surface area contributed by atoms with E-state index >= 15 is 0 Å². The Kier molecular flexibility index (Phi) is 6.46. The van der Waals surface area contributed by atoms with E-state index in [0.29, 0.717) is 18.9 Å². The Balaban J connectivity index is 2.14. The van der Waals surface area contributed by atoms with Crippen LogP contribution in [-0.2, 0) is 19.0 Å². The van der Waals surface area contributed by atoms with E-state index in [1.807, 2.05) is 13.0 Å². The molecule has 1 saturated carbocycles. The Morgan fingerprint density at radius 3 is 2.91 bits per heavy atom. The molecule has 0 aromatic rings. The fourth-order valence-electron chi connectivity index (χ4n) is 3.00. The molecule has 124 valence electrons. The van der Waals surface area contributed by atoms with Crippen molar-refractivity contribution in [1.29, 1.82) is 0 Å². The third kappa shape index (κ3) is 4.34. The maximum atomic E-state index is 12.1. The van der Waals surface area contributed by atoms with Crippen molar-refractivity contribution in [2.45, 2.75) is 38.9 Å². The van der Waals surface area contributed by atoms with Gasteiger partial charge in [0.15, 0.2) is 0 Å². The van der Waals surface area contributed by atoms with Gasteiger partial charge in [0.05, 0.1) is 0 Å². The minimum atomic E-state index is -0.462. The van der Waals surface area contributed by atoms with Crippen molar-refractivity contribution < 1.29 is 24.1 Å². The number of ether oxygens (including phenoxy) is 3. The lowest BCUT2D eigenvalue weighted by Gasteiger charge is -2.36. The lowest BCUT2D eigenvalue weighted by molar-refractivity contribution is -0.181. The van der Waals surface area contributed by atoms with E-state index in [1.165, 1.54) is 18.9 Å². The highest BCUT2D eigenvalue weighted by molar-refractivity contribution is 5.86. The summed E-state index contributed by atoms with van der Waals surface area (Å²) < 4.78 is 16.5. The first-order valence-electron chi connectivity index (χ1n) is 8.10. The van der Waals surface area contributed by atoms with Gasteiger partial charge in [-0.3, -0.25) is 0 Å². The summed E-state index contributed by atoms with van der Waals surface area (Å²) in [5.41, 5.74) is 0. The van der Waals surface area contributed by atoms with Gasteiger partial charge in [-0.1, -0.05) is 12.7 Å². The zero-order valence-corrected chi connectivity index (χ0v) is 13.2. The van der Waals surface area contributed by atoms with Crippen molar-refractivity contribution in [3.8, 4) is 0 Å². The second kappa shape index (κ2) is 8.34. The minimum Gasteiger partial charge on any atom is -0.457 e. The summed E-state index contributed by atoms with van der Waals surface area (Å²) >= 11 is 0. The topological polar surface area (TPSA) is 65.0 Å². The third-order valence-corrected chi connectivity index (χ3v) is 4.16. The number of allylic oxidation sites excluding steroid dienone is 1. The number of aliphatic hydroxyl groups excluding tert-OH is 1. The number of aliphatic hydroxyl groups is 1. The molecule has 0 saturated heterocycles. The fourth-order valence-corrected chi connectivity index (χ4v) is 3.00. The molecule has 1 N–H and O–H groups in total. The van der Waals surface area contributed by atoms with Crippen molar-refractivity contribution >= 4 is 5.97 Å². The summed E-state index contributed by atoms with van der Waals surface area (Å²) in [6.45, 7) is 6.29. The number of hydrogen-bond donors (Lipinski definition) is 1. The van der Waals surface area contributed by atoms with Gasteiger partial charge >= 0.3 is 5.97 Å². The molecular formula is C17H26O5. The Morgan fingerprint density at radius 1 is 1.55 bits per heavy atom. The molecule has 5 nitrogen and oxygen atoms in total. The van der Waals surface area contributed by atoms with Crippen LogP contribution in [0, 0.1) is 17.8 Å². The highest BCUT2D eigenvalue weighted by atomic mass is 16.7. The first kappa shape index (κ1) is 17.0. The molecule has 5 heteroatoms. The smallest absolute Gasteiger partial charge is 0.373 e. The van der Waals surface area contributed by atoms with Crippen molar-refractivity contribution in [3.05, 3.63) is 24.5 Å². The van der Waals surface area contributed by atoms with Crippen LogP contribution >= 0.6 is 0 Å². The molecular weight excluding hydrogens is 284 g/mol. The predicted molar refractivity (Wildman–Crippen MR) is 81.8 cm³/mol. The van der Waals surface area contributed by atoms with Crippen LogP contribution in [0.3, 0.4) is 0 Å². The summed E-state index contributed by atoms with van der Waals surface area (Å²) in [7, 11) is 0. The van der Waals surface area contributed by atoms with Gasteiger partial charge in [0.1, 0.15) is 6.61 Å². The molecule has 0 aromatic carbocycles. The van der Waals surface area contributed by atoms with Gasteiger partial charge in [0.2, 0.25) is 12.0 Å². The van der Waals surface area contributed by atoms with Crippen LogP contribution in [0.2, 0.25) is 0 Å². The van der Waals surface area contributed by atoms with Crippen LogP contribution in [0.5, 0.6) is 0 Å². The normalized spacial score (nSPS) is 27.7. The summed E-state index contributed by atoms with van der Waals surface area (Å²) in [6.07, 6.45) is 6.87. The molecule has 1 aliphatic heterocycles. The lowest BCUT2D eigenvalue weighted by Crippen LogP contribution is -2.38. The Morgan fingerprint density at radius 2 is 2.32 bits per heavy atom. The second-order valence-electron chi connectivity index (χ2n) is 5.80. The highest BCUT2D eigenvalue weighted by Crippen LogP contribution is 2.47. The van der Waals surface area contributed by atoms with E-state index in [-0.39, 0.29) is 30.8 Å². The molecule has 0 amide bonds. The molecule has 0 radical (unpaired) electrons. The predicted octanol–water partition coefficient (Wildman–Crippen LogP) is 2.41. The Bertz CT molecular complexity index is 413. The molecule has 1 aliphatic carbocycles. The lowest BCUT2D eigenvalue weighted by atomic mass is 9.82. The van der Waals surface area contributed by atoms with Crippen LogP contribution in [0.25, 0.3) is 0 Å². The highest BCUT2D eigenvalue weighted by Gasteiger charge is 2.44.